The molecule has 7 nitrogen and oxygen atoms in total. The zero-order chi connectivity index (χ0) is 23.4. The molecule has 1 aliphatic carbocycles. The highest BCUT2D eigenvalue weighted by molar-refractivity contribution is 6.30. The van der Waals surface area contributed by atoms with Crippen LogP contribution in [0.2, 0.25) is 5.02 Å². The number of para-hydroxylation sites is 1. The molecule has 0 radical (unpaired) electrons. The van der Waals surface area contributed by atoms with Crippen LogP contribution < -0.4 is 15.5 Å². The summed E-state index contributed by atoms with van der Waals surface area (Å²) in [7, 11) is 0. The lowest BCUT2D eigenvalue weighted by atomic mass is 9.93. The third-order valence-corrected chi connectivity index (χ3v) is 5.63. The average Bonchev–Trinajstić information content (AvgIpc) is 3.16. The number of hydrazone groups is 1. The lowest BCUT2D eigenvalue weighted by Crippen LogP contribution is -2.27. The number of hydrogen-bond donors (Lipinski definition) is 2. The van der Waals surface area contributed by atoms with E-state index in [9.17, 15) is 9.59 Å². The van der Waals surface area contributed by atoms with Crippen molar-refractivity contribution in [1.29, 1.82) is 0 Å². The third-order valence-electron chi connectivity index (χ3n) is 5.40. The Morgan fingerprint density at radius 3 is 2.67 bits per heavy atom. The molecule has 0 bridgehead atoms. The van der Waals surface area contributed by atoms with E-state index in [-0.39, 0.29) is 24.2 Å². The fraction of sp³-hybridized carbons (Fsp3) is 0.240. The maximum Gasteiger partial charge on any atom is 0.291 e. The highest BCUT2D eigenvalue weighted by Gasteiger charge is 2.28. The number of furan rings is 1. The van der Waals surface area contributed by atoms with E-state index in [1.165, 1.54) is 0 Å². The number of aryl methyl sites for hydroxylation is 2. The van der Waals surface area contributed by atoms with Crippen molar-refractivity contribution >= 4 is 34.8 Å². The molecule has 1 aromatic heterocycles. The van der Waals surface area contributed by atoms with Crippen LogP contribution >= 0.6 is 11.6 Å². The molecule has 170 valence electrons. The Balaban J connectivity index is 1.47. The van der Waals surface area contributed by atoms with Gasteiger partial charge in [-0.2, -0.15) is 5.10 Å². The number of nitrogens with one attached hydrogen (secondary N) is 2. The normalized spacial score (nSPS) is 14.0. The molecule has 0 fully saturated rings. The number of halogens is 1. The molecule has 1 aliphatic rings. The van der Waals surface area contributed by atoms with Crippen molar-refractivity contribution in [3.8, 4) is 5.75 Å². The first-order valence-electron chi connectivity index (χ1n) is 10.7. The molecule has 1 heterocycles. The summed E-state index contributed by atoms with van der Waals surface area (Å²) in [5, 5.41) is 7.80. The van der Waals surface area contributed by atoms with E-state index < -0.39 is 0 Å². The van der Waals surface area contributed by atoms with Crippen LogP contribution in [0.3, 0.4) is 0 Å². The van der Waals surface area contributed by atoms with Crippen molar-refractivity contribution in [2.24, 2.45) is 5.10 Å². The number of fused-ring (bicyclic) bond motifs is 1. The van der Waals surface area contributed by atoms with Gasteiger partial charge in [-0.3, -0.25) is 9.59 Å². The van der Waals surface area contributed by atoms with E-state index in [1.54, 1.807) is 30.3 Å². The molecule has 0 aliphatic heterocycles. The number of hydrogen-bond acceptors (Lipinski definition) is 5. The molecule has 2 aromatic carbocycles. The summed E-state index contributed by atoms with van der Waals surface area (Å²) in [6, 6.07) is 14.4. The van der Waals surface area contributed by atoms with E-state index in [4.69, 9.17) is 20.8 Å². The van der Waals surface area contributed by atoms with Crippen molar-refractivity contribution in [1.82, 2.24) is 5.43 Å². The molecule has 0 saturated carbocycles. The first kappa shape index (κ1) is 22.6. The van der Waals surface area contributed by atoms with Crippen LogP contribution in [0.5, 0.6) is 5.75 Å². The maximum absolute atomic E-state index is 12.9. The number of benzene rings is 2. The third kappa shape index (κ3) is 5.26. The van der Waals surface area contributed by atoms with Crippen molar-refractivity contribution in [3.05, 3.63) is 81.8 Å². The highest BCUT2D eigenvalue weighted by atomic mass is 35.5. The van der Waals surface area contributed by atoms with Gasteiger partial charge in [0.1, 0.15) is 11.5 Å². The van der Waals surface area contributed by atoms with Gasteiger partial charge in [-0.1, -0.05) is 29.8 Å². The van der Waals surface area contributed by atoms with Gasteiger partial charge in [0.25, 0.3) is 11.8 Å². The van der Waals surface area contributed by atoms with Gasteiger partial charge >= 0.3 is 0 Å². The summed E-state index contributed by atoms with van der Waals surface area (Å²) in [5.74, 6) is 0.841. The van der Waals surface area contributed by atoms with Crippen molar-refractivity contribution in [2.45, 2.75) is 33.1 Å². The predicted molar refractivity (Wildman–Crippen MR) is 127 cm³/mol. The molecule has 4 rings (SSSR count). The second kappa shape index (κ2) is 9.92. The molecule has 0 spiro atoms. The monoisotopic (exact) mass is 465 g/mol. The Morgan fingerprint density at radius 2 is 1.91 bits per heavy atom. The number of nitrogens with zero attached hydrogens (tertiary/aromatic N) is 1. The van der Waals surface area contributed by atoms with E-state index in [2.05, 4.69) is 15.8 Å². The number of ether oxygens (including phenoxy) is 1. The van der Waals surface area contributed by atoms with Gasteiger partial charge in [-0.05, 0) is 62.6 Å². The molecule has 2 N–H and O–H groups in total. The molecule has 0 unspecified atom stereocenters. The first-order valence-corrected chi connectivity index (χ1v) is 11.0. The number of anilines is 1. The van der Waals surface area contributed by atoms with Crippen LogP contribution in [0.1, 0.15) is 45.8 Å². The van der Waals surface area contributed by atoms with E-state index in [0.29, 0.717) is 46.3 Å². The smallest absolute Gasteiger partial charge is 0.291 e. The van der Waals surface area contributed by atoms with Crippen LogP contribution in [0.25, 0.3) is 0 Å². The molecule has 2 amide bonds. The van der Waals surface area contributed by atoms with Crippen LogP contribution in [0.15, 0.2) is 58.0 Å². The van der Waals surface area contributed by atoms with Crippen LogP contribution in [-0.2, 0) is 11.2 Å². The second-order valence-electron chi connectivity index (χ2n) is 7.82. The molecule has 3 aromatic rings. The minimum Gasteiger partial charge on any atom is -0.484 e. The molecule has 8 heteroatoms. The SMILES string of the molecule is Cc1cc(Cl)ccc1NC(=O)c1oc2c(c1C)/C(=N/NC(=O)COc1ccccc1)CCC2. The Kier molecular flexibility index (Phi) is 6.79. The number of carbonyl (C=O) groups excluding carboxylic acids is 2. The summed E-state index contributed by atoms with van der Waals surface area (Å²) in [4.78, 5) is 25.1. The molecule has 0 atom stereocenters. The lowest BCUT2D eigenvalue weighted by Gasteiger charge is -2.13. The lowest BCUT2D eigenvalue weighted by molar-refractivity contribution is -0.123. The van der Waals surface area contributed by atoms with Crippen LogP contribution in [0.4, 0.5) is 5.69 Å². The summed E-state index contributed by atoms with van der Waals surface area (Å²) in [6.07, 6.45) is 2.19. The second-order valence-corrected chi connectivity index (χ2v) is 8.25. The van der Waals surface area contributed by atoms with Crippen LogP contribution in [-0.4, -0.2) is 24.1 Å². The van der Waals surface area contributed by atoms with Gasteiger partial charge in [0.15, 0.2) is 12.4 Å². The van der Waals surface area contributed by atoms with E-state index in [0.717, 1.165) is 17.5 Å². The topological polar surface area (TPSA) is 92.9 Å². The Bertz CT molecular complexity index is 1220. The number of amides is 2. The highest BCUT2D eigenvalue weighted by Crippen LogP contribution is 2.30. The zero-order valence-electron chi connectivity index (χ0n) is 18.4. The first-order chi connectivity index (χ1) is 15.9. The summed E-state index contributed by atoms with van der Waals surface area (Å²) in [6.45, 7) is 3.55. The number of rotatable bonds is 6. The molecular formula is C25H24ClN3O4. The quantitative estimate of drug-likeness (QED) is 0.499. The Labute approximate surface area is 196 Å². The standard InChI is InChI=1S/C25H24ClN3O4/c1-15-13-17(26)11-12-19(15)27-25(31)24-16(2)23-20(9-6-10-21(23)33-24)28-29-22(30)14-32-18-7-4-3-5-8-18/h3-5,7-8,11-13H,6,9-10,14H2,1-2H3,(H,27,31)(H,29,30)/b28-20+. The van der Waals surface area contributed by atoms with Gasteiger partial charge in [0.2, 0.25) is 0 Å². The van der Waals surface area contributed by atoms with Gasteiger partial charge < -0.3 is 14.5 Å². The van der Waals surface area contributed by atoms with Gasteiger partial charge in [-0.25, -0.2) is 5.43 Å². The van der Waals surface area contributed by atoms with Crippen molar-refractivity contribution in [3.63, 3.8) is 0 Å². The fourth-order valence-corrected chi connectivity index (χ4v) is 4.00. The summed E-state index contributed by atoms with van der Waals surface area (Å²) in [5.41, 5.74) is 6.23. The minimum absolute atomic E-state index is 0.147. The van der Waals surface area contributed by atoms with Gasteiger partial charge in [0, 0.05) is 28.3 Å². The van der Waals surface area contributed by atoms with Crippen LogP contribution in [0, 0.1) is 13.8 Å². The van der Waals surface area contributed by atoms with Crippen molar-refractivity contribution < 1.29 is 18.7 Å². The van der Waals surface area contributed by atoms with E-state index >= 15 is 0 Å². The Morgan fingerprint density at radius 1 is 1.12 bits per heavy atom. The largest absolute Gasteiger partial charge is 0.484 e. The number of carbonyl (C=O) groups is 2. The van der Waals surface area contributed by atoms with E-state index in [1.807, 2.05) is 32.0 Å². The maximum atomic E-state index is 12.9. The summed E-state index contributed by atoms with van der Waals surface area (Å²) >= 11 is 6.00. The summed E-state index contributed by atoms with van der Waals surface area (Å²) < 4.78 is 11.4. The fourth-order valence-electron chi connectivity index (χ4n) is 3.77. The minimum atomic E-state index is -0.365. The molecular weight excluding hydrogens is 442 g/mol. The average molecular weight is 466 g/mol. The van der Waals surface area contributed by atoms with Gasteiger partial charge in [0.05, 0.1) is 5.71 Å². The molecule has 33 heavy (non-hydrogen) atoms. The molecule has 0 saturated heterocycles. The Hall–Kier alpha value is -3.58. The van der Waals surface area contributed by atoms with Gasteiger partial charge in [-0.15, -0.1) is 0 Å². The predicted octanol–water partition coefficient (Wildman–Crippen LogP) is 5.04. The zero-order valence-corrected chi connectivity index (χ0v) is 19.2. The van der Waals surface area contributed by atoms with Crippen molar-refractivity contribution in [2.75, 3.05) is 11.9 Å².